The summed E-state index contributed by atoms with van der Waals surface area (Å²) in [6.45, 7) is 7.23. The van der Waals surface area contributed by atoms with Gasteiger partial charge in [-0.25, -0.2) is 14.8 Å². The topological polar surface area (TPSA) is 214 Å². The number of aliphatic hydroxyl groups excluding tert-OH is 1. The molecule has 0 saturated heterocycles. The number of fused-ring (bicyclic) bond motifs is 1. The molecule has 4 atom stereocenters. The third-order valence-corrected chi connectivity index (χ3v) is 9.72. The number of primary amides is 1. The van der Waals surface area contributed by atoms with E-state index in [9.17, 15) is 29.1 Å². The first-order valence-electron chi connectivity index (χ1n) is 20.2. The monoisotopic (exact) mass is 843 g/mol. The maximum absolute atomic E-state index is 14.0. The van der Waals surface area contributed by atoms with Crippen molar-refractivity contribution in [3.8, 4) is 5.75 Å². The average molecular weight is 844 g/mol. The van der Waals surface area contributed by atoms with Gasteiger partial charge < -0.3 is 36.3 Å². The Morgan fingerprint density at radius 3 is 2.11 bits per heavy atom. The fraction of sp³-hybridized carbons (Fsp3) is 0.277. The van der Waals surface area contributed by atoms with Crippen molar-refractivity contribution in [2.75, 3.05) is 13.2 Å². The zero-order valence-electron chi connectivity index (χ0n) is 34.7. The lowest BCUT2D eigenvalue weighted by molar-refractivity contribution is -0.131. The molecule has 15 nitrogen and oxygen atoms in total. The number of nitrogens with two attached hydrogens (primary N) is 1. The SMILES string of the molecule is C=CCOC(=O)N[C@H](C(=O)NN(Cc1ccc(OCc2ccccc2)cc1)C[C@H](O)[C@H](Cc1ccccc1)NC(=O)[C@H](CC(N)=O)NC(=O)c1ccc2ccccc2n1)C(C)C. The molecular weight excluding hydrogens is 791 g/mol. The van der Waals surface area contributed by atoms with E-state index in [0.29, 0.717) is 17.9 Å². The van der Waals surface area contributed by atoms with Crippen molar-refractivity contribution in [1.29, 1.82) is 0 Å². The van der Waals surface area contributed by atoms with Gasteiger partial charge in [-0.2, -0.15) is 0 Å². The zero-order valence-corrected chi connectivity index (χ0v) is 34.7. The molecule has 0 spiro atoms. The largest absolute Gasteiger partial charge is 0.489 e. The number of amides is 5. The van der Waals surface area contributed by atoms with Gasteiger partial charge in [0.25, 0.3) is 11.8 Å². The minimum absolute atomic E-state index is 0.0252. The molecule has 4 aromatic carbocycles. The van der Waals surface area contributed by atoms with Crippen molar-refractivity contribution >= 4 is 40.6 Å². The molecule has 0 aliphatic carbocycles. The zero-order chi connectivity index (χ0) is 44.4. The van der Waals surface area contributed by atoms with Crippen LogP contribution in [0, 0.1) is 5.92 Å². The summed E-state index contributed by atoms with van der Waals surface area (Å²) in [5.41, 5.74) is 11.5. The second-order valence-electron chi connectivity index (χ2n) is 15.0. The van der Waals surface area contributed by atoms with Crippen LogP contribution in [0.2, 0.25) is 0 Å². The lowest BCUT2D eigenvalue weighted by atomic mass is 9.99. The van der Waals surface area contributed by atoms with E-state index in [4.69, 9.17) is 15.2 Å². The number of carbonyl (C=O) groups is 5. The number of hydrogen-bond donors (Lipinski definition) is 6. The molecule has 5 rings (SSSR count). The number of ether oxygens (including phenoxy) is 2. The summed E-state index contributed by atoms with van der Waals surface area (Å²) < 4.78 is 11.0. The van der Waals surface area contributed by atoms with Crippen LogP contribution in [-0.4, -0.2) is 82.2 Å². The number of para-hydroxylation sites is 1. The average Bonchev–Trinajstić information content (AvgIpc) is 3.26. The number of nitrogens with one attached hydrogen (secondary N) is 4. The van der Waals surface area contributed by atoms with Gasteiger partial charge in [-0.05, 0) is 53.3 Å². The van der Waals surface area contributed by atoms with E-state index < -0.39 is 60.4 Å². The predicted octanol–water partition coefficient (Wildman–Crippen LogP) is 4.35. The summed E-state index contributed by atoms with van der Waals surface area (Å²) in [5.74, 6) is -2.66. The van der Waals surface area contributed by atoms with E-state index >= 15 is 0 Å². The van der Waals surface area contributed by atoms with Gasteiger partial charge >= 0.3 is 6.09 Å². The minimum Gasteiger partial charge on any atom is -0.489 e. The van der Waals surface area contributed by atoms with E-state index in [1.807, 2.05) is 84.9 Å². The van der Waals surface area contributed by atoms with Crippen LogP contribution in [0.4, 0.5) is 4.79 Å². The third kappa shape index (κ3) is 14.3. The molecule has 1 aromatic heterocycles. The van der Waals surface area contributed by atoms with Crippen LogP contribution < -0.4 is 31.8 Å². The van der Waals surface area contributed by atoms with E-state index in [1.54, 1.807) is 44.2 Å². The normalized spacial score (nSPS) is 13.0. The van der Waals surface area contributed by atoms with Crippen LogP contribution in [0.15, 0.2) is 134 Å². The molecule has 0 aliphatic heterocycles. The number of benzene rings is 4. The number of rotatable bonds is 22. The molecule has 0 unspecified atom stereocenters. The Kier molecular flexibility index (Phi) is 17.1. The number of aromatic nitrogens is 1. The number of carbonyl (C=O) groups excluding carboxylic acids is 5. The quantitative estimate of drug-likeness (QED) is 0.0428. The molecular formula is C47H53N7O8. The lowest BCUT2D eigenvalue weighted by Crippen LogP contribution is -2.59. The first kappa shape index (κ1) is 46.0. The number of pyridine rings is 1. The van der Waals surface area contributed by atoms with Crippen molar-refractivity contribution in [3.63, 3.8) is 0 Å². The molecule has 0 fully saturated rings. The first-order chi connectivity index (χ1) is 29.9. The Morgan fingerprint density at radius 2 is 1.45 bits per heavy atom. The fourth-order valence-electron chi connectivity index (χ4n) is 6.49. The Labute approximate surface area is 360 Å². The number of hydrazine groups is 1. The maximum Gasteiger partial charge on any atom is 0.408 e. The summed E-state index contributed by atoms with van der Waals surface area (Å²) in [7, 11) is 0. The van der Waals surface area contributed by atoms with Crippen LogP contribution >= 0.6 is 0 Å². The molecule has 15 heteroatoms. The molecule has 5 amide bonds. The highest BCUT2D eigenvalue weighted by Gasteiger charge is 2.32. The highest BCUT2D eigenvalue weighted by molar-refractivity contribution is 5.99. The van der Waals surface area contributed by atoms with Crippen LogP contribution in [0.1, 0.15) is 47.4 Å². The smallest absolute Gasteiger partial charge is 0.408 e. The van der Waals surface area contributed by atoms with Crippen LogP contribution in [-0.2, 0) is 38.7 Å². The van der Waals surface area contributed by atoms with Gasteiger partial charge in [0.1, 0.15) is 36.7 Å². The molecule has 324 valence electrons. The number of alkyl carbamates (subject to hydrolysis) is 1. The number of aliphatic hydroxyl groups is 1. The van der Waals surface area contributed by atoms with Crippen molar-refractivity contribution in [2.45, 2.75) is 64.1 Å². The Bertz CT molecular complexity index is 2280. The molecule has 0 bridgehead atoms. The van der Waals surface area contributed by atoms with E-state index in [0.717, 1.165) is 22.1 Å². The second kappa shape index (κ2) is 23.0. The van der Waals surface area contributed by atoms with Crippen molar-refractivity contribution in [1.82, 2.24) is 31.4 Å². The van der Waals surface area contributed by atoms with Crippen LogP contribution in [0.3, 0.4) is 0 Å². The molecule has 0 saturated carbocycles. The summed E-state index contributed by atoms with van der Waals surface area (Å²) in [5, 5.41) is 22.3. The molecule has 7 N–H and O–H groups in total. The minimum atomic E-state index is -1.42. The van der Waals surface area contributed by atoms with Crippen molar-refractivity contribution < 1.29 is 38.6 Å². The van der Waals surface area contributed by atoms with Gasteiger partial charge in [-0.15, -0.1) is 0 Å². The molecule has 5 aromatic rings. The number of nitrogens with zero attached hydrogens (tertiary/aromatic N) is 2. The predicted molar refractivity (Wildman–Crippen MR) is 234 cm³/mol. The fourth-order valence-corrected chi connectivity index (χ4v) is 6.49. The summed E-state index contributed by atoms with van der Waals surface area (Å²) in [6.07, 6.45) is -1.18. The molecule has 0 aliphatic rings. The summed E-state index contributed by atoms with van der Waals surface area (Å²) >= 11 is 0. The Morgan fingerprint density at radius 1 is 0.790 bits per heavy atom. The van der Waals surface area contributed by atoms with Gasteiger partial charge in [-0.3, -0.25) is 24.6 Å². The first-order valence-corrected chi connectivity index (χ1v) is 20.2. The standard InChI is InChI=1S/C47H53N7O8/c1-4-25-61-47(60)52-43(31(2)3)46(59)53-54(28-33-19-22-36(23-20-33)62-30-34-15-9-6-10-16-34)29-41(55)39(26-32-13-7-5-8-14-32)50-45(58)40(27-42(48)56)51-44(57)38-24-21-35-17-11-12-18-37(35)49-38/h4-24,31,39-41,43,55H,1,25-30H2,2-3H3,(H2,48,56)(H,50,58)(H,51,57)(H,52,60)(H,53,59)/t39-,40-,41-,43-/m0/s1. The molecule has 0 radical (unpaired) electrons. The van der Waals surface area contributed by atoms with Gasteiger partial charge in [-0.1, -0.05) is 124 Å². The van der Waals surface area contributed by atoms with Crippen molar-refractivity contribution in [3.05, 3.63) is 156 Å². The Hall–Kier alpha value is -7.10. The van der Waals surface area contributed by atoms with Crippen LogP contribution in [0.25, 0.3) is 10.9 Å². The molecule has 1 heterocycles. The highest BCUT2D eigenvalue weighted by Crippen LogP contribution is 2.17. The highest BCUT2D eigenvalue weighted by atomic mass is 16.5. The Balaban J connectivity index is 1.38. The van der Waals surface area contributed by atoms with E-state index in [1.165, 1.54) is 17.2 Å². The van der Waals surface area contributed by atoms with Crippen molar-refractivity contribution in [2.24, 2.45) is 11.7 Å². The van der Waals surface area contributed by atoms with E-state index in [2.05, 4.69) is 32.9 Å². The van der Waals surface area contributed by atoms with Gasteiger partial charge in [0.2, 0.25) is 11.8 Å². The molecule has 62 heavy (non-hydrogen) atoms. The summed E-state index contributed by atoms with van der Waals surface area (Å²) in [4.78, 5) is 70.4. The lowest BCUT2D eigenvalue weighted by Gasteiger charge is -2.32. The number of hydrogen-bond acceptors (Lipinski definition) is 10. The van der Waals surface area contributed by atoms with Gasteiger partial charge in [0.05, 0.1) is 24.1 Å². The van der Waals surface area contributed by atoms with Gasteiger partial charge in [0.15, 0.2) is 0 Å². The third-order valence-electron chi connectivity index (χ3n) is 9.72. The summed E-state index contributed by atoms with van der Waals surface area (Å²) in [6, 6.07) is 33.0. The van der Waals surface area contributed by atoms with E-state index in [-0.39, 0.29) is 37.7 Å². The maximum atomic E-state index is 14.0. The second-order valence-corrected chi connectivity index (χ2v) is 15.0. The van der Waals surface area contributed by atoms with Crippen LogP contribution in [0.5, 0.6) is 5.75 Å². The van der Waals surface area contributed by atoms with Gasteiger partial charge in [0, 0.05) is 18.5 Å².